The summed E-state index contributed by atoms with van der Waals surface area (Å²) in [5.74, 6) is -3.91. The number of urea groups is 1. The highest BCUT2D eigenvalue weighted by Gasteiger charge is 2.69. The van der Waals surface area contributed by atoms with Gasteiger partial charge >= 0.3 is 12.2 Å². The summed E-state index contributed by atoms with van der Waals surface area (Å²) in [6.45, 7) is 0. The minimum atomic E-state index is -5.41. The lowest BCUT2D eigenvalue weighted by atomic mass is 10.1. The van der Waals surface area contributed by atoms with E-state index in [0.717, 1.165) is 12.1 Å². The van der Waals surface area contributed by atoms with Crippen molar-refractivity contribution in [2.24, 2.45) is 0 Å². The number of carbonyl (C=O) groups excluding carboxylic acids is 3. The zero-order valence-corrected chi connectivity index (χ0v) is 14.7. The Labute approximate surface area is 161 Å². The molecule has 4 amide bonds. The second-order valence-electron chi connectivity index (χ2n) is 5.95. The predicted molar refractivity (Wildman–Crippen MR) is 91.7 cm³/mol. The van der Waals surface area contributed by atoms with E-state index in [4.69, 9.17) is 4.74 Å². The van der Waals surface area contributed by atoms with Crippen LogP contribution in [0.3, 0.4) is 0 Å². The third-order valence-corrected chi connectivity index (χ3v) is 4.19. The van der Waals surface area contributed by atoms with Gasteiger partial charge < -0.3 is 10.1 Å². The number of imide groups is 1. The molecule has 2 aromatic rings. The summed E-state index contributed by atoms with van der Waals surface area (Å²) in [6.07, 6.45) is -5.41. The maximum Gasteiger partial charge on any atom is 0.440 e. The molecule has 0 bridgehead atoms. The lowest BCUT2D eigenvalue weighted by Crippen LogP contribution is -2.69. The first-order chi connectivity index (χ1) is 13.6. The van der Waals surface area contributed by atoms with Gasteiger partial charge in [-0.15, -0.1) is 0 Å². The second-order valence-corrected chi connectivity index (χ2v) is 5.95. The Balaban J connectivity index is 1.99. The van der Waals surface area contributed by atoms with E-state index < -0.39 is 41.2 Å². The van der Waals surface area contributed by atoms with Gasteiger partial charge in [0.2, 0.25) is 0 Å². The molecule has 0 radical (unpaired) electrons. The van der Waals surface area contributed by atoms with Crippen molar-refractivity contribution in [2.45, 2.75) is 11.8 Å². The fourth-order valence-electron chi connectivity index (χ4n) is 2.71. The zero-order valence-electron chi connectivity index (χ0n) is 14.7. The Morgan fingerprint density at radius 1 is 1.10 bits per heavy atom. The molecule has 0 saturated carbocycles. The molecule has 1 aliphatic rings. The molecule has 7 nitrogen and oxygen atoms in total. The number of alkyl halides is 3. The molecule has 0 spiro atoms. The number of hydrogen-bond donors (Lipinski definition) is 2. The summed E-state index contributed by atoms with van der Waals surface area (Å²) in [6, 6.07) is 7.78. The van der Waals surface area contributed by atoms with Gasteiger partial charge in [-0.05, 0) is 36.4 Å². The van der Waals surface area contributed by atoms with Crippen molar-refractivity contribution in [3.05, 3.63) is 59.9 Å². The van der Waals surface area contributed by atoms with Gasteiger partial charge in [-0.1, -0.05) is 12.1 Å². The van der Waals surface area contributed by atoms with E-state index in [2.05, 4.69) is 0 Å². The van der Waals surface area contributed by atoms with E-state index in [9.17, 15) is 31.9 Å². The maximum absolute atomic E-state index is 14.0. The fourth-order valence-corrected chi connectivity index (χ4v) is 2.71. The fraction of sp³-hybridized carbons (Fsp3) is 0.167. The monoisotopic (exact) mass is 411 g/mol. The molecule has 1 saturated heterocycles. The lowest BCUT2D eigenvalue weighted by molar-refractivity contribution is -0.197. The quantitative estimate of drug-likeness (QED) is 0.598. The summed E-state index contributed by atoms with van der Waals surface area (Å²) in [5.41, 5.74) is -4.66. The molecule has 3 rings (SSSR count). The molecule has 11 heteroatoms. The van der Waals surface area contributed by atoms with Crippen molar-refractivity contribution in [1.29, 1.82) is 0 Å². The number of benzene rings is 2. The number of anilines is 1. The van der Waals surface area contributed by atoms with Gasteiger partial charge in [0.1, 0.15) is 11.6 Å². The van der Waals surface area contributed by atoms with Gasteiger partial charge in [0, 0.05) is 5.56 Å². The van der Waals surface area contributed by atoms with Crippen LogP contribution in [-0.2, 0) is 4.79 Å². The smallest absolute Gasteiger partial charge is 0.440 e. The third-order valence-electron chi connectivity index (χ3n) is 4.19. The molecule has 1 fully saturated rings. The molecule has 0 unspecified atom stereocenters. The lowest BCUT2D eigenvalue weighted by Gasteiger charge is -2.29. The molecule has 2 N–H and O–H groups in total. The second kappa shape index (κ2) is 7.08. The standard InChI is InChI=1S/C18H13F4N3O4/c1-29-11-8-6-10(7-9-11)14(26)23-17(18(20,21)22)15(27)25(16(28)24-17)13-5-3-2-4-12(13)19/h2-9H,1H3,(H,23,26)(H,24,28)/t17-/m0/s1. The van der Waals surface area contributed by atoms with E-state index >= 15 is 0 Å². The van der Waals surface area contributed by atoms with Crippen LogP contribution in [0.4, 0.5) is 28.0 Å². The predicted octanol–water partition coefficient (Wildman–Crippen LogP) is 2.58. The van der Waals surface area contributed by atoms with Crippen molar-refractivity contribution in [1.82, 2.24) is 10.6 Å². The Kier molecular flexibility index (Phi) is 4.91. The van der Waals surface area contributed by atoms with Crippen molar-refractivity contribution in [2.75, 3.05) is 12.0 Å². The first-order valence-electron chi connectivity index (χ1n) is 8.05. The van der Waals surface area contributed by atoms with Crippen LogP contribution in [-0.4, -0.2) is 36.8 Å². The van der Waals surface area contributed by atoms with E-state index in [1.807, 2.05) is 0 Å². The van der Waals surface area contributed by atoms with Crippen LogP contribution in [0.5, 0.6) is 5.75 Å². The number of nitrogens with one attached hydrogen (secondary N) is 2. The number of carbonyl (C=O) groups is 3. The number of hydrogen-bond acceptors (Lipinski definition) is 4. The first kappa shape index (κ1) is 20.1. The van der Waals surface area contributed by atoms with Crippen LogP contribution in [0.1, 0.15) is 10.4 Å². The number of rotatable bonds is 4. The molecular weight excluding hydrogens is 398 g/mol. The Bertz CT molecular complexity index is 978. The average Bonchev–Trinajstić information content (AvgIpc) is 2.93. The van der Waals surface area contributed by atoms with Crippen LogP contribution in [0, 0.1) is 5.82 Å². The minimum Gasteiger partial charge on any atom is -0.497 e. The number of ether oxygens (including phenoxy) is 1. The van der Waals surface area contributed by atoms with Crippen LogP contribution in [0.25, 0.3) is 0 Å². The molecule has 1 heterocycles. The molecule has 152 valence electrons. The SMILES string of the molecule is COc1ccc(C(=O)N[C@]2(C(F)(F)F)NC(=O)N(c3ccccc3F)C2=O)cc1. The summed E-state index contributed by atoms with van der Waals surface area (Å²) < 4.78 is 60.4. The van der Waals surface area contributed by atoms with Crippen LogP contribution >= 0.6 is 0 Å². The summed E-state index contributed by atoms with van der Waals surface area (Å²) in [7, 11) is 1.36. The van der Waals surface area contributed by atoms with Gasteiger partial charge in [0.15, 0.2) is 0 Å². The number of para-hydroxylation sites is 1. The van der Waals surface area contributed by atoms with Gasteiger partial charge in [0.25, 0.3) is 17.5 Å². The number of methoxy groups -OCH3 is 1. The molecular formula is C18H13F4N3O4. The molecule has 0 aliphatic carbocycles. The van der Waals surface area contributed by atoms with Crippen LogP contribution < -0.4 is 20.3 Å². The highest BCUT2D eigenvalue weighted by Crippen LogP contribution is 2.36. The third kappa shape index (κ3) is 3.35. The molecule has 2 aromatic carbocycles. The first-order valence-corrected chi connectivity index (χ1v) is 8.05. The topological polar surface area (TPSA) is 87.7 Å². The zero-order chi connectivity index (χ0) is 21.4. The number of amides is 4. The summed E-state index contributed by atoms with van der Waals surface area (Å²) >= 11 is 0. The molecule has 0 aromatic heterocycles. The molecule has 29 heavy (non-hydrogen) atoms. The van der Waals surface area contributed by atoms with Crippen molar-refractivity contribution in [3.63, 3.8) is 0 Å². The Morgan fingerprint density at radius 3 is 2.28 bits per heavy atom. The van der Waals surface area contributed by atoms with E-state index in [1.165, 1.54) is 54.1 Å². The van der Waals surface area contributed by atoms with Crippen molar-refractivity contribution < 1.29 is 36.7 Å². The Hall–Kier alpha value is -3.63. The van der Waals surface area contributed by atoms with Crippen LogP contribution in [0.2, 0.25) is 0 Å². The van der Waals surface area contributed by atoms with E-state index in [0.29, 0.717) is 5.75 Å². The highest BCUT2D eigenvalue weighted by molar-refractivity contribution is 6.24. The van der Waals surface area contributed by atoms with Gasteiger partial charge in [-0.25, -0.2) is 14.1 Å². The normalized spacial score (nSPS) is 19.1. The van der Waals surface area contributed by atoms with Crippen molar-refractivity contribution in [3.8, 4) is 5.75 Å². The van der Waals surface area contributed by atoms with E-state index in [1.54, 1.807) is 0 Å². The average molecular weight is 411 g/mol. The van der Waals surface area contributed by atoms with Gasteiger partial charge in [-0.2, -0.15) is 13.2 Å². The van der Waals surface area contributed by atoms with Gasteiger partial charge in [-0.3, -0.25) is 14.9 Å². The van der Waals surface area contributed by atoms with Gasteiger partial charge in [0.05, 0.1) is 12.8 Å². The highest BCUT2D eigenvalue weighted by atomic mass is 19.4. The Morgan fingerprint density at radius 2 is 1.72 bits per heavy atom. The minimum absolute atomic E-state index is 0.00285. The molecule has 1 atom stereocenters. The maximum atomic E-state index is 14.0. The molecule has 1 aliphatic heterocycles. The number of nitrogens with zero attached hydrogens (tertiary/aromatic N) is 1. The summed E-state index contributed by atoms with van der Waals surface area (Å²) in [5, 5.41) is 2.98. The van der Waals surface area contributed by atoms with Crippen molar-refractivity contribution >= 4 is 23.5 Å². The number of halogens is 4. The van der Waals surface area contributed by atoms with Crippen LogP contribution in [0.15, 0.2) is 48.5 Å². The summed E-state index contributed by atoms with van der Waals surface area (Å²) in [4.78, 5) is 37.1. The van der Waals surface area contributed by atoms with E-state index in [-0.39, 0.29) is 10.5 Å². The largest absolute Gasteiger partial charge is 0.497 e.